The van der Waals surface area contributed by atoms with Gasteiger partial charge in [-0.05, 0) is 81.3 Å². The Bertz CT molecular complexity index is 1070. The van der Waals surface area contributed by atoms with E-state index in [1.54, 1.807) is 37.4 Å². The van der Waals surface area contributed by atoms with Crippen molar-refractivity contribution in [3.05, 3.63) is 70.8 Å². The predicted molar refractivity (Wildman–Crippen MR) is 138 cm³/mol. The molecule has 182 valence electrons. The van der Waals surface area contributed by atoms with Crippen LogP contribution in [-0.2, 0) is 6.42 Å². The smallest absolute Gasteiger partial charge is 0.259 e. The number of carbonyl (C=O) groups excluding carboxylic acids is 1. The summed E-state index contributed by atoms with van der Waals surface area (Å²) in [5, 5.41) is 25.4. The Balaban J connectivity index is 2.08. The summed E-state index contributed by atoms with van der Waals surface area (Å²) in [6.07, 6.45) is 7.46. The van der Waals surface area contributed by atoms with Gasteiger partial charge in [0.25, 0.3) is 5.91 Å². The average molecular weight is 464 g/mol. The minimum Gasteiger partial charge on any atom is -0.507 e. The number of methoxy groups -OCH3 is 1. The molecular formula is C29H37NO4. The summed E-state index contributed by atoms with van der Waals surface area (Å²) in [5.74, 6) is 0.0523. The molecule has 1 aliphatic rings. The van der Waals surface area contributed by atoms with Gasteiger partial charge in [-0.25, -0.2) is 0 Å². The van der Waals surface area contributed by atoms with Crippen LogP contribution in [0.25, 0.3) is 0 Å². The van der Waals surface area contributed by atoms with Crippen molar-refractivity contribution in [1.29, 1.82) is 0 Å². The number of aryl methyl sites for hydroxylation is 1. The first-order valence-electron chi connectivity index (χ1n) is 12.1. The molecule has 0 heterocycles. The molecule has 0 aromatic heterocycles. The number of benzene rings is 2. The summed E-state index contributed by atoms with van der Waals surface area (Å²) in [6.45, 7) is 10.3. The van der Waals surface area contributed by atoms with Crippen LogP contribution < -0.4 is 10.1 Å². The van der Waals surface area contributed by atoms with E-state index in [0.29, 0.717) is 29.0 Å². The van der Waals surface area contributed by atoms with Crippen LogP contribution in [0.2, 0.25) is 0 Å². The summed E-state index contributed by atoms with van der Waals surface area (Å²) >= 11 is 0. The van der Waals surface area contributed by atoms with E-state index in [1.165, 1.54) is 5.57 Å². The lowest BCUT2D eigenvalue weighted by Crippen LogP contribution is -2.20. The zero-order valence-corrected chi connectivity index (χ0v) is 20.8. The quantitative estimate of drug-likeness (QED) is 0.273. The van der Waals surface area contributed by atoms with Crippen molar-refractivity contribution >= 4 is 11.6 Å². The minimum absolute atomic E-state index is 0.0344. The van der Waals surface area contributed by atoms with Crippen LogP contribution in [0.5, 0.6) is 17.2 Å². The fourth-order valence-corrected chi connectivity index (χ4v) is 4.84. The molecule has 3 rings (SSSR count). The number of rotatable bonds is 9. The standard InChI is InChI=1S/C29H37NO4/c1-6-7-8-9-20-17-25(31)27(24-16-19(4)10-15-23(24)18(2)3)28(32)26(20)29(33)30-21-11-13-22(34-5)14-12-21/h11-14,16-17,23-24,31-32H,2,6-10,15H2,1,3-5H3,(H,30,33). The number of hydrogen-bond acceptors (Lipinski definition) is 4. The molecule has 0 bridgehead atoms. The maximum absolute atomic E-state index is 13.5. The van der Waals surface area contributed by atoms with E-state index >= 15 is 0 Å². The van der Waals surface area contributed by atoms with Crippen molar-refractivity contribution in [3.8, 4) is 17.2 Å². The third-order valence-corrected chi connectivity index (χ3v) is 6.74. The number of hydrogen-bond donors (Lipinski definition) is 3. The van der Waals surface area contributed by atoms with Crippen LogP contribution in [0.3, 0.4) is 0 Å². The van der Waals surface area contributed by atoms with E-state index in [0.717, 1.165) is 37.7 Å². The first-order valence-corrected chi connectivity index (χ1v) is 12.1. The average Bonchev–Trinajstić information content (AvgIpc) is 2.79. The maximum atomic E-state index is 13.5. The third-order valence-electron chi connectivity index (χ3n) is 6.74. The first-order chi connectivity index (χ1) is 16.3. The number of unbranched alkanes of at least 4 members (excludes halogenated alkanes) is 2. The lowest BCUT2D eigenvalue weighted by Gasteiger charge is -2.32. The van der Waals surface area contributed by atoms with Crippen LogP contribution in [0.1, 0.15) is 80.3 Å². The minimum atomic E-state index is -0.390. The molecule has 34 heavy (non-hydrogen) atoms. The molecule has 3 N–H and O–H groups in total. The number of nitrogens with one attached hydrogen (secondary N) is 1. The SMILES string of the molecule is C=C(C)C1CCC(C)=CC1c1c(O)cc(CCCCC)c(C(=O)Nc2ccc(OC)cc2)c1O. The Labute approximate surface area is 203 Å². The summed E-state index contributed by atoms with van der Waals surface area (Å²) in [5.41, 5.74) is 4.11. The van der Waals surface area contributed by atoms with E-state index in [4.69, 9.17) is 4.74 Å². The molecule has 2 aromatic carbocycles. The monoisotopic (exact) mass is 463 g/mol. The molecule has 5 heteroatoms. The molecule has 0 saturated heterocycles. The molecule has 0 spiro atoms. The van der Waals surface area contributed by atoms with Gasteiger partial charge in [0.15, 0.2) is 0 Å². The van der Waals surface area contributed by atoms with Gasteiger partial charge in [-0.2, -0.15) is 0 Å². The normalized spacial score (nSPS) is 17.7. The Morgan fingerprint density at radius 2 is 1.91 bits per heavy atom. The first kappa shape index (κ1) is 25.4. The third kappa shape index (κ3) is 5.64. The second-order valence-corrected chi connectivity index (χ2v) is 9.36. The van der Waals surface area contributed by atoms with Crippen molar-refractivity contribution in [2.45, 2.75) is 65.2 Å². The van der Waals surface area contributed by atoms with E-state index in [1.807, 2.05) is 6.92 Å². The van der Waals surface area contributed by atoms with Gasteiger partial charge >= 0.3 is 0 Å². The number of carbonyl (C=O) groups is 1. The topological polar surface area (TPSA) is 78.8 Å². The number of allylic oxidation sites excluding steroid dienone is 3. The highest BCUT2D eigenvalue weighted by atomic mass is 16.5. The van der Waals surface area contributed by atoms with Gasteiger partial charge in [0, 0.05) is 17.2 Å². The van der Waals surface area contributed by atoms with Crippen LogP contribution >= 0.6 is 0 Å². The highest BCUT2D eigenvalue weighted by Crippen LogP contribution is 2.48. The fraction of sp³-hybridized carbons (Fsp3) is 0.414. The zero-order valence-electron chi connectivity index (χ0n) is 20.8. The molecule has 0 fully saturated rings. The molecule has 2 unspecified atom stereocenters. The summed E-state index contributed by atoms with van der Waals surface area (Å²) < 4.78 is 5.19. The number of anilines is 1. The van der Waals surface area contributed by atoms with Crippen molar-refractivity contribution in [2.75, 3.05) is 12.4 Å². The van der Waals surface area contributed by atoms with E-state index in [-0.39, 0.29) is 34.8 Å². The summed E-state index contributed by atoms with van der Waals surface area (Å²) in [7, 11) is 1.59. The van der Waals surface area contributed by atoms with Gasteiger partial charge in [-0.3, -0.25) is 4.79 Å². The van der Waals surface area contributed by atoms with Gasteiger partial charge in [-0.15, -0.1) is 0 Å². The molecule has 1 amide bonds. The number of aromatic hydroxyl groups is 2. The molecule has 5 nitrogen and oxygen atoms in total. The molecule has 0 radical (unpaired) electrons. The van der Waals surface area contributed by atoms with Crippen LogP contribution in [-0.4, -0.2) is 23.2 Å². The van der Waals surface area contributed by atoms with Crippen LogP contribution in [0.15, 0.2) is 54.1 Å². The number of amides is 1. The second kappa shape index (κ2) is 11.3. The largest absolute Gasteiger partial charge is 0.507 e. The number of phenols is 2. The van der Waals surface area contributed by atoms with Gasteiger partial charge in [0.05, 0.1) is 12.7 Å². The van der Waals surface area contributed by atoms with Crippen molar-refractivity contribution in [2.24, 2.45) is 5.92 Å². The van der Waals surface area contributed by atoms with E-state index in [2.05, 4.69) is 31.8 Å². The number of phenolic OH excluding ortho intramolecular Hbond substituents is 2. The molecular weight excluding hydrogens is 426 g/mol. The maximum Gasteiger partial charge on any atom is 0.259 e. The number of ether oxygens (including phenoxy) is 1. The highest BCUT2D eigenvalue weighted by Gasteiger charge is 2.33. The second-order valence-electron chi connectivity index (χ2n) is 9.36. The highest BCUT2D eigenvalue weighted by molar-refractivity contribution is 6.07. The predicted octanol–water partition coefficient (Wildman–Crippen LogP) is 7.11. The van der Waals surface area contributed by atoms with E-state index in [9.17, 15) is 15.0 Å². The lowest BCUT2D eigenvalue weighted by molar-refractivity contribution is 0.102. The van der Waals surface area contributed by atoms with Gasteiger partial charge < -0.3 is 20.3 Å². The molecule has 0 saturated carbocycles. The van der Waals surface area contributed by atoms with Crippen LogP contribution in [0, 0.1) is 5.92 Å². The Kier molecular flexibility index (Phi) is 8.43. The Morgan fingerprint density at radius 3 is 2.53 bits per heavy atom. The molecule has 1 aliphatic carbocycles. The fourth-order valence-electron chi connectivity index (χ4n) is 4.84. The van der Waals surface area contributed by atoms with Gasteiger partial charge in [-0.1, -0.05) is 43.6 Å². The van der Waals surface area contributed by atoms with Crippen molar-refractivity contribution in [3.63, 3.8) is 0 Å². The van der Waals surface area contributed by atoms with Gasteiger partial charge in [0.1, 0.15) is 17.2 Å². The Hall–Kier alpha value is -3.21. The Morgan fingerprint density at radius 1 is 1.21 bits per heavy atom. The molecule has 2 aromatic rings. The lowest BCUT2D eigenvalue weighted by atomic mass is 9.73. The summed E-state index contributed by atoms with van der Waals surface area (Å²) in [6, 6.07) is 8.73. The van der Waals surface area contributed by atoms with E-state index < -0.39 is 0 Å². The molecule has 0 aliphatic heterocycles. The zero-order chi connectivity index (χ0) is 24.8. The van der Waals surface area contributed by atoms with Crippen LogP contribution in [0.4, 0.5) is 5.69 Å². The van der Waals surface area contributed by atoms with Gasteiger partial charge in [0.2, 0.25) is 0 Å². The summed E-state index contributed by atoms with van der Waals surface area (Å²) in [4.78, 5) is 13.5. The van der Waals surface area contributed by atoms with Crippen molar-refractivity contribution < 1.29 is 19.7 Å². The molecule has 2 atom stereocenters. The van der Waals surface area contributed by atoms with Crippen molar-refractivity contribution in [1.82, 2.24) is 0 Å².